The number of rotatable bonds is 10. The highest BCUT2D eigenvalue weighted by Gasteiger charge is 2.14. The first-order chi connectivity index (χ1) is 12.4. The van der Waals surface area contributed by atoms with Gasteiger partial charge < -0.3 is 48.7 Å². The largest absolute Gasteiger partial charge is 0.481 e. The molecule has 14 heteroatoms. The highest BCUT2D eigenvalue weighted by molar-refractivity contribution is 5.80. The van der Waals surface area contributed by atoms with Crippen LogP contribution in [0, 0.1) is 0 Å². The van der Waals surface area contributed by atoms with E-state index in [2.05, 4.69) is 16.0 Å². The zero-order valence-electron chi connectivity index (χ0n) is 14.9. The highest BCUT2D eigenvalue weighted by Crippen LogP contribution is 1.97. The van der Waals surface area contributed by atoms with Crippen molar-refractivity contribution in [2.75, 3.05) is 20.1 Å². The van der Waals surface area contributed by atoms with E-state index < -0.39 is 42.4 Å². The molecule has 0 aliphatic heterocycles. The molecule has 0 radical (unpaired) electrons. The standard InChI is InChI=1S/C7H16N4O2.C4H7NO4.C2H5NO2/c1-10-5(6(12)13)3-2-4-11-7(8)9;5-2(4(8)9)1-3(6)7;3-1-2(4)5/h5,10H,2-4H2,1H3,(H,12,13)(H4,8,9,11);2H,1,5H2,(H,6,7)(H,8,9);1,3H2,(H,4,5)/t5-;2-;/m00./s1. The van der Waals surface area contributed by atoms with Gasteiger partial charge in [0.2, 0.25) is 0 Å². The quantitative estimate of drug-likeness (QED) is 0.0990. The van der Waals surface area contributed by atoms with Gasteiger partial charge in [0.15, 0.2) is 5.96 Å². The van der Waals surface area contributed by atoms with Gasteiger partial charge in [-0.15, -0.1) is 0 Å². The molecule has 0 bridgehead atoms. The Bertz CT molecular complexity index is 495. The van der Waals surface area contributed by atoms with Crippen molar-refractivity contribution in [2.45, 2.75) is 31.3 Å². The third kappa shape index (κ3) is 25.4. The van der Waals surface area contributed by atoms with Crippen LogP contribution in [-0.4, -0.2) is 82.5 Å². The Hall–Kier alpha value is -2.97. The smallest absolute Gasteiger partial charge is 0.321 e. The van der Waals surface area contributed by atoms with Crippen LogP contribution in [0.4, 0.5) is 0 Å². The van der Waals surface area contributed by atoms with Gasteiger partial charge in [0.05, 0.1) is 13.0 Å². The Morgan fingerprint density at radius 3 is 1.70 bits per heavy atom. The number of hydrogen-bond donors (Lipinski definition) is 9. The van der Waals surface area contributed by atoms with Crippen LogP contribution in [0.5, 0.6) is 0 Å². The minimum atomic E-state index is -1.29. The molecular weight excluding hydrogens is 368 g/mol. The first-order valence-electron chi connectivity index (χ1n) is 7.46. The number of guanidine groups is 1. The number of likely N-dealkylation sites (N-methyl/N-ethyl adjacent to an activating group) is 1. The fourth-order valence-electron chi connectivity index (χ4n) is 1.17. The van der Waals surface area contributed by atoms with Crippen LogP contribution in [-0.2, 0) is 19.2 Å². The van der Waals surface area contributed by atoms with E-state index in [-0.39, 0.29) is 12.5 Å². The lowest BCUT2D eigenvalue weighted by atomic mass is 10.1. The predicted octanol–water partition coefficient (Wildman–Crippen LogP) is -3.38. The number of carboxylic acid groups (broad SMARTS) is 4. The summed E-state index contributed by atoms with van der Waals surface area (Å²) in [5.41, 5.74) is 19.6. The number of nitrogens with zero attached hydrogens (tertiary/aromatic N) is 1. The molecule has 2 atom stereocenters. The van der Waals surface area contributed by atoms with Gasteiger partial charge in [-0.2, -0.15) is 0 Å². The van der Waals surface area contributed by atoms with Gasteiger partial charge in [-0.3, -0.25) is 24.2 Å². The third-order valence-corrected chi connectivity index (χ3v) is 2.48. The molecule has 0 aromatic rings. The number of carboxylic acids is 4. The molecule has 0 heterocycles. The monoisotopic (exact) mass is 396 g/mol. The first-order valence-corrected chi connectivity index (χ1v) is 7.46. The number of nitrogens with one attached hydrogen (secondary N) is 1. The molecule has 158 valence electrons. The highest BCUT2D eigenvalue weighted by atomic mass is 16.4. The Morgan fingerprint density at radius 1 is 1.00 bits per heavy atom. The lowest BCUT2D eigenvalue weighted by molar-refractivity contribution is -0.144. The Labute approximate surface area is 155 Å². The second-order valence-electron chi connectivity index (χ2n) is 4.77. The molecule has 27 heavy (non-hydrogen) atoms. The Kier molecular flexibility index (Phi) is 19.0. The minimum Gasteiger partial charge on any atom is -0.481 e. The second kappa shape index (κ2) is 17.8. The van der Waals surface area contributed by atoms with Crippen LogP contribution in [0.15, 0.2) is 4.99 Å². The van der Waals surface area contributed by atoms with E-state index in [4.69, 9.17) is 37.6 Å². The number of aliphatic imine (C=N–C) groups is 1. The summed E-state index contributed by atoms with van der Waals surface area (Å²) in [6.07, 6.45) is 0.633. The molecule has 14 nitrogen and oxygen atoms in total. The number of hydrogen-bond acceptors (Lipinski definition) is 8. The van der Waals surface area contributed by atoms with E-state index in [1.54, 1.807) is 7.05 Å². The summed E-state index contributed by atoms with van der Waals surface area (Å²) in [6, 6.07) is -1.81. The third-order valence-electron chi connectivity index (χ3n) is 2.48. The molecule has 0 saturated heterocycles. The minimum absolute atomic E-state index is 0.0383. The van der Waals surface area contributed by atoms with Gasteiger partial charge in [-0.05, 0) is 19.9 Å². The van der Waals surface area contributed by atoms with Crippen molar-refractivity contribution in [3.05, 3.63) is 0 Å². The van der Waals surface area contributed by atoms with Crippen LogP contribution in [0.2, 0.25) is 0 Å². The lowest BCUT2D eigenvalue weighted by Crippen LogP contribution is -2.33. The lowest BCUT2D eigenvalue weighted by Gasteiger charge is -2.09. The van der Waals surface area contributed by atoms with E-state index in [9.17, 15) is 19.2 Å². The van der Waals surface area contributed by atoms with E-state index in [1.165, 1.54) is 0 Å². The van der Waals surface area contributed by atoms with Crippen molar-refractivity contribution in [3.8, 4) is 0 Å². The van der Waals surface area contributed by atoms with Crippen LogP contribution in [0.25, 0.3) is 0 Å². The normalized spacial score (nSPS) is 11.4. The van der Waals surface area contributed by atoms with Gasteiger partial charge in [-0.1, -0.05) is 0 Å². The van der Waals surface area contributed by atoms with Gasteiger partial charge in [0, 0.05) is 6.54 Å². The zero-order chi connectivity index (χ0) is 22.0. The van der Waals surface area contributed by atoms with Gasteiger partial charge >= 0.3 is 23.9 Å². The molecule has 0 amide bonds. The summed E-state index contributed by atoms with van der Waals surface area (Å²) >= 11 is 0. The molecular formula is C13H28N6O8. The van der Waals surface area contributed by atoms with Crippen molar-refractivity contribution in [1.82, 2.24) is 5.32 Å². The second-order valence-corrected chi connectivity index (χ2v) is 4.77. The van der Waals surface area contributed by atoms with Gasteiger partial charge in [0.25, 0.3) is 0 Å². The number of carbonyl (C=O) groups is 4. The number of nitrogens with two attached hydrogens (primary N) is 4. The van der Waals surface area contributed by atoms with Crippen molar-refractivity contribution in [2.24, 2.45) is 27.9 Å². The van der Waals surface area contributed by atoms with Crippen molar-refractivity contribution in [3.63, 3.8) is 0 Å². The summed E-state index contributed by atoms with van der Waals surface area (Å²) in [5.74, 6) is -4.28. The molecule has 0 aliphatic carbocycles. The summed E-state index contributed by atoms with van der Waals surface area (Å²) in [5, 5.41) is 34.9. The average Bonchev–Trinajstić information content (AvgIpc) is 2.54. The topological polar surface area (TPSA) is 278 Å². The molecule has 0 aliphatic rings. The van der Waals surface area contributed by atoms with Crippen LogP contribution in [0.1, 0.15) is 19.3 Å². The van der Waals surface area contributed by atoms with Gasteiger partial charge in [0.1, 0.15) is 12.1 Å². The summed E-state index contributed by atoms with van der Waals surface area (Å²) in [4.78, 5) is 43.1. The fourth-order valence-corrected chi connectivity index (χ4v) is 1.17. The predicted molar refractivity (Wildman–Crippen MR) is 94.9 cm³/mol. The van der Waals surface area contributed by atoms with Crippen LogP contribution >= 0.6 is 0 Å². The molecule has 0 saturated carbocycles. The zero-order valence-corrected chi connectivity index (χ0v) is 14.9. The molecule has 0 aromatic heterocycles. The summed E-state index contributed by atoms with van der Waals surface area (Å²) in [7, 11) is 1.61. The van der Waals surface area contributed by atoms with E-state index in [1.807, 2.05) is 0 Å². The summed E-state index contributed by atoms with van der Waals surface area (Å²) in [6.45, 7) is 0.188. The van der Waals surface area contributed by atoms with Crippen LogP contribution < -0.4 is 28.3 Å². The van der Waals surface area contributed by atoms with E-state index >= 15 is 0 Å². The molecule has 0 fully saturated rings. The number of aliphatic carboxylic acids is 4. The van der Waals surface area contributed by atoms with Crippen molar-refractivity contribution in [1.29, 1.82) is 0 Å². The van der Waals surface area contributed by atoms with Crippen molar-refractivity contribution < 1.29 is 39.6 Å². The maximum atomic E-state index is 10.5. The van der Waals surface area contributed by atoms with Crippen molar-refractivity contribution >= 4 is 29.8 Å². The van der Waals surface area contributed by atoms with E-state index in [0.717, 1.165) is 0 Å². The van der Waals surface area contributed by atoms with E-state index in [0.29, 0.717) is 19.4 Å². The molecule has 0 aromatic carbocycles. The van der Waals surface area contributed by atoms with Crippen LogP contribution in [0.3, 0.4) is 0 Å². The maximum absolute atomic E-state index is 10.5. The molecule has 0 rings (SSSR count). The first kappa shape index (κ1) is 28.8. The summed E-state index contributed by atoms with van der Waals surface area (Å²) < 4.78 is 0. The molecule has 0 spiro atoms. The molecule has 0 unspecified atom stereocenters. The Morgan fingerprint density at radius 2 is 1.48 bits per heavy atom. The average molecular weight is 396 g/mol. The van der Waals surface area contributed by atoms with Gasteiger partial charge in [-0.25, -0.2) is 0 Å². The fraction of sp³-hybridized carbons (Fsp3) is 0.615. The maximum Gasteiger partial charge on any atom is 0.321 e. The SMILES string of the molecule is CN[C@@H](CCCN=C(N)N)C(=O)O.NCC(=O)O.N[C@@H](CC(=O)O)C(=O)O. The Balaban J connectivity index is -0.000000356. The molecule has 13 N–H and O–H groups in total.